The maximum absolute atomic E-state index is 9.66. The van der Waals surface area contributed by atoms with E-state index in [4.69, 9.17) is 9.84 Å². The van der Waals surface area contributed by atoms with E-state index >= 15 is 0 Å². The maximum atomic E-state index is 9.66. The molecule has 0 aromatic carbocycles. The molecule has 0 radical (unpaired) electrons. The Morgan fingerprint density at radius 1 is 1.21 bits per heavy atom. The summed E-state index contributed by atoms with van der Waals surface area (Å²) in [7, 11) is 0. The molecule has 5 unspecified atom stereocenters. The van der Waals surface area contributed by atoms with E-state index in [1.165, 1.54) is 0 Å². The lowest BCUT2D eigenvalue weighted by Gasteiger charge is -2.40. The number of alkyl halides is 1. The number of aliphatic hydroxyl groups is 3. The number of hydrogen-bond acceptors (Lipinski definition) is 4. The van der Waals surface area contributed by atoms with Crippen molar-refractivity contribution in [2.75, 3.05) is 6.61 Å². The van der Waals surface area contributed by atoms with Gasteiger partial charge in [0.2, 0.25) is 0 Å². The summed E-state index contributed by atoms with van der Waals surface area (Å²) in [4.78, 5) is -0.264. The summed E-state index contributed by atoms with van der Waals surface area (Å²) < 4.78 is 5.46. The second kappa shape index (κ2) is 5.42. The van der Waals surface area contributed by atoms with Crippen molar-refractivity contribution < 1.29 is 20.1 Å². The molecule has 4 nitrogen and oxygen atoms in total. The Hall–Kier alpha value is 0.320. The van der Waals surface area contributed by atoms with Gasteiger partial charge in [0.15, 0.2) is 0 Å². The molecule has 0 spiro atoms. The normalized spacial score (nSPS) is 43.9. The number of aliphatic hydroxyl groups excluding tert-OH is 3. The Labute approximate surface area is 92.0 Å². The Kier molecular flexibility index (Phi) is 4.79. The zero-order valence-corrected chi connectivity index (χ0v) is 9.72. The molecule has 1 aliphatic rings. The van der Waals surface area contributed by atoms with Gasteiger partial charge in [0.25, 0.3) is 0 Å². The highest BCUT2D eigenvalue weighted by Crippen LogP contribution is 2.28. The van der Waals surface area contributed by atoms with Gasteiger partial charge in [-0.05, 0) is 6.42 Å². The SMILES string of the molecule is CCCC1OC(CO)C(O)C(O)C1Br. The molecule has 0 saturated carbocycles. The predicted octanol–water partition coefficient (Wildman–Crippen LogP) is 0.0315. The van der Waals surface area contributed by atoms with Gasteiger partial charge in [-0.3, -0.25) is 0 Å². The standard InChI is InChI=1S/C9H17BrO4/c1-2-3-5-7(10)9(13)8(12)6(4-11)14-5/h5-9,11-13H,2-4H2,1H3. The van der Waals surface area contributed by atoms with Gasteiger partial charge in [0.05, 0.1) is 23.6 Å². The van der Waals surface area contributed by atoms with E-state index in [1.807, 2.05) is 6.92 Å². The van der Waals surface area contributed by atoms with E-state index in [9.17, 15) is 10.2 Å². The van der Waals surface area contributed by atoms with Crippen LogP contribution >= 0.6 is 15.9 Å². The highest BCUT2D eigenvalue weighted by Gasteiger charge is 2.42. The fourth-order valence-corrected chi connectivity index (χ4v) is 2.37. The van der Waals surface area contributed by atoms with Crippen molar-refractivity contribution in [2.24, 2.45) is 0 Å². The van der Waals surface area contributed by atoms with Crippen molar-refractivity contribution >= 4 is 15.9 Å². The molecule has 1 fully saturated rings. The molecule has 0 bridgehead atoms. The lowest BCUT2D eigenvalue weighted by atomic mass is 9.96. The quantitative estimate of drug-likeness (QED) is 0.632. The Balaban J connectivity index is 2.63. The molecular weight excluding hydrogens is 252 g/mol. The van der Waals surface area contributed by atoms with E-state index in [-0.39, 0.29) is 17.5 Å². The Bertz CT molecular complexity index is 174. The van der Waals surface area contributed by atoms with Crippen LogP contribution in [-0.2, 0) is 4.74 Å². The van der Waals surface area contributed by atoms with Crippen molar-refractivity contribution in [3.05, 3.63) is 0 Å². The summed E-state index contributed by atoms with van der Waals surface area (Å²) in [5, 5.41) is 28.1. The number of halogens is 1. The largest absolute Gasteiger partial charge is 0.394 e. The summed E-state index contributed by atoms with van der Waals surface area (Å²) in [5.74, 6) is 0. The molecule has 1 heterocycles. The van der Waals surface area contributed by atoms with Gasteiger partial charge >= 0.3 is 0 Å². The van der Waals surface area contributed by atoms with Gasteiger partial charge in [-0.2, -0.15) is 0 Å². The van der Waals surface area contributed by atoms with E-state index in [1.54, 1.807) is 0 Å². The van der Waals surface area contributed by atoms with E-state index in [0.717, 1.165) is 12.8 Å². The first kappa shape index (κ1) is 12.4. The van der Waals surface area contributed by atoms with Crippen LogP contribution < -0.4 is 0 Å². The van der Waals surface area contributed by atoms with Gasteiger partial charge in [-0.1, -0.05) is 29.3 Å². The van der Waals surface area contributed by atoms with Crippen LogP contribution in [0, 0.1) is 0 Å². The average Bonchev–Trinajstić information content (AvgIpc) is 2.19. The van der Waals surface area contributed by atoms with Crippen LogP contribution in [-0.4, -0.2) is 51.2 Å². The van der Waals surface area contributed by atoms with Crippen LogP contribution in [0.2, 0.25) is 0 Å². The number of hydrogen-bond donors (Lipinski definition) is 3. The third kappa shape index (κ3) is 2.46. The zero-order valence-electron chi connectivity index (χ0n) is 8.14. The van der Waals surface area contributed by atoms with Crippen molar-refractivity contribution in [1.82, 2.24) is 0 Å². The summed E-state index contributed by atoms with van der Waals surface area (Å²) in [6.07, 6.45) is -0.968. The van der Waals surface area contributed by atoms with Crippen LogP contribution in [0.25, 0.3) is 0 Å². The second-order valence-corrected chi connectivity index (χ2v) is 4.67. The fraction of sp³-hybridized carbons (Fsp3) is 1.00. The molecule has 0 amide bonds. The molecule has 84 valence electrons. The molecule has 1 rings (SSSR count). The first-order valence-electron chi connectivity index (χ1n) is 4.88. The van der Waals surface area contributed by atoms with E-state index in [2.05, 4.69) is 15.9 Å². The van der Waals surface area contributed by atoms with Crippen LogP contribution in [0.4, 0.5) is 0 Å². The van der Waals surface area contributed by atoms with Crippen molar-refractivity contribution in [2.45, 2.75) is 49.0 Å². The molecule has 14 heavy (non-hydrogen) atoms. The minimum absolute atomic E-state index is 0.143. The summed E-state index contributed by atoms with van der Waals surface area (Å²) in [6, 6.07) is 0. The molecular formula is C9H17BrO4. The first-order valence-corrected chi connectivity index (χ1v) is 5.79. The molecule has 0 aliphatic carbocycles. The van der Waals surface area contributed by atoms with E-state index in [0.29, 0.717) is 0 Å². The van der Waals surface area contributed by atoms with Gasteiger partial charge < -0.3 is 20.1 Å². The minimum Gasteiger partial charge on any atom is -0.394 e. The first-order chi connectivity index (χ1) is 6.61. The Morgan fingerprint density at radius 2 is 1.86 bits per heavy atom. The lowest BCUT2D eigenvalue weighted by Crippen LogP contribution is -2.56. The Morgan fingerprint density at radius 3 is 2.36 bits per heavy atom. The van der Waals surface area contributed by atoms with Gasteiger partial charge in [-0.15, -0.1) is 0 Å². The average molecular weight is 269 g/mol. The molecule has 1 saturated heterocycles. The third-order valence-electron chi connectivity index (χ3n) is 2.51. The zero-order chi connectivity index (χ0) is 10.7. The molecule has 1 aliphatic heterocycles. The minimum atomic E-state index is -1.02. The van der Waals surface area contributed by atoms with Crippen LogP contribution in [0.5, 0.6) is 0 Å². The second-order valence-electron chi connectivity index (χ2n) is 3.61. The highest BCUT2D eigenvalue weighted by molar-refractivity contribution is 9.09. The maximum Gasteiger partial charge on any atom is 0.109 e. The number of ether oxygens (including phenoxy) is 1. The molecule has 0 aromatic heterocycles. The summed E-state index contributed by atoms with van der Waals surface area (Å²) in [5.41, 5.74) is 0. The van der Waals surface area contributed by atoms with Gasteiger partial charge in [-0.25, -0.2) is 0 Å². The molecule has 0 aromatic rings. The van der Waals surface area contributed by atoms with Crippen molar-refractivity contribution in [3.8, 4) is 0 Å². The topological polar surface area (TPSA) is 69.9 Å². The lowest BCUT2D eigenvalue weighted by molar-refractivity contribution is -0.175. The fourth-order valence-electron chi connectivity index (χ4n) is 1.67. The third-order valence-corrected chi connectivity index (χ3v) is 3.65. The van der Waals surface area contributed by atoms with Crippen LogP contribution in [0.15, 0.2) is 0 Å². The monoisotopic (exact) mass is 268 g/mol. The van der Waals surface area contributed by atoms with E-state index < -0.39 is 18.3 Å². The molecule has 5 atom stereocenters. The van der Waals surface area contributed by atoms with Crippen molar-refractivity contribution in [3.63, 3.8) is 0 Å². The van der Waals surface area contributed by atoms with Crippen molar-refractivity contribution in [1.29, 1.82) is 0 Å². The highest BCUT2D eigenvalue weighted by atomic mass is 79.9. The summed E-state index contributed by atoms with van der Waals surface area (Å²) >= 11 is 3.30. The van der Waals surface area contributed by atoms with Crippen LogP contribution in [0.3, 0.4) is 0 Å². The number of rotatable bonds is 3. The smallest absolute Gasteiger partial charge is 0.109 e. The van der Waals surface area contributed by atoms with Gasteiger partial charge in [0, 0.05) is 0 Å². The molecule has 5 heteroatoms. The van der Waals surface area contributed by atoms with Crippen LogP contribution in [0.1, 0.15) is 19.8 Å². The predicted molar refractivity (Wildman–Crippen MR) is 55.4 cm³/mol. The van der Waals surface area contributed by atoms with Gasteiger partial charge in [0.1, 0.15) is 12.2 Å². The summed E-state index contributed by atoms with van der Waals surface area (Å²) in [6.45, 7) is 1.76. The molecule has 3 N–H and O–H groups in total.